The van der Waals surface area contributed by atoms with Gasteiger partial charge in [0.05, 0.1) is 43.2 Å². The number of amides is 2. The van der Waals surface area contributed by atoms with Crippen LogP contribution in [-0.4, -0.2) is 77.2 Å². The summed E-state index contributed by atoms with van der Waals surface area (Å²) in [5, 5.41) is 2.99. The monoisotopic (exact) mass is 417 g/mol. The average Bonchev–Trinajstić information content (AvgIpc) is 2.69. The molecule has 158 valence electrons. The normalized spacial score (nSPS) is 10.4. The van der Waals surface area contributed by atoms with Crippen molar-refractivity contribution in [3.05, 3.63) is 22.7 Å². The fourth-order valence-corrected chi connectivity index (χ4v) is 2.38. The van der Waals surface area contributed by atoms with E-state index in [9.17, 15) is 9.59 Å². The summed E-state index contributed by atoms with van der Waals surface area (Å²) in [6, 6.07) is 2.93. The van der Waals surface area contributed by atoms with Gasteiger partial charge < -0.3 is 34.9 Å². The maximum Gasteiger partial charge on any atom is 0.409 e. The molecule has 3 N–H and O–H groups in total. The molecule has 0 bridgehead atoms. The van der Waals surface area contributed by atoms with E-state index in [2.05, 4.69) is 5.32 Å². The zero-order valence-corrected chi connectivity index (χ0v) is 17.2. The van der Waals surface area contributed by atoms with E-state index in [4.69, 9.17) is 36.3 Å². The minimum atomic E-state index is -0.472. The molecule has 1 aromatic rings. The van der Waals surface area contributed by atoms with Crippen molar-refractivity contribution in [1.82, 2.24) is 10.2 Å². The summed E-state index contributed by atoms with van der Waals surface area (Å²) < 4.78 is 20.4. The molecule has 1 aromatic carbocycles. The fourth-order valence-electron chi connectivity index (χ4n) is 2.22. The number of likely N-dealkylation sites (N-methyl/N-ethyl adjacent to an activating group) is 1. The lowest BCUT2D eigenvalue weighted by Crippen LogP contribution is -2.39. The average molecular weight is 418 g/mol. The van der Waals surface area contributed by atoms with Crippen molar-refractivity contribution in [1.29, 1.82) is 0 Å². The Morgan fingerprint density at radius 3 is 2.54 bits per heavy atom. The number of carbonyl (C=O) groups excluding carboxylic acids is 2. The number of methoxy groups -OCH3 is 2. The van der Waals surface area contributed by atoms with Crippen LogP contribution in [0, 0.1) is 0 Å². The summed E-state index contributed by atoms with van der Waals surface area (Å²) in [5.74, 6) is -0.0608. The zero-order valence-electron chi connectivity index (χ0n) is 16.5. The number of hydrogen-bond acceptors (Lipinski definition) is 7. The number of rotatable bonds is 12. The third-order valence-electron chi connectivity index (χ3n) is 3.76. The quantitative estimate of drug-likeness (QED) is 0.393. The van der Waals surface area contributed by atoms with Gasteiger partial charge in [0.25, 0.3) is 5.91 Å². The first-order valence-electron chi connectivity index (χ1n) is 8.84. The molecule has 10 heteroatoms. The van der Waals surface area contributed by atoms with Gasteiger partial charge in [-0.1, -0.05) is 11.6 Å². The molecule has 0 saturated heterocycles. The van der Waals surface area contributed by atoms with E-state index in [0.717, 1.165) is 0 Å². The highest BCUT2D eigenvalue weighted by atomic mass is 35.5. The topological polar surface area (TPSA) is 112 Å². The van der Waals surface area contributed by atoms with Gasteiger partial charge in [-0.05, 0) is 13.0 Å². The summed E-state index contributed by atoms with van der Waals surface area (Å²) in [6.45, 7) is 4.15. The largest absolute Gasteiger partial charge is 0.496 e. The van der Waals surface area contributed by atoms with E-state index in [0.29, 0.717) is 37.8 Å². The van der Waals surface area contributed by atoms with Crippen LogP contribution in [0.15, 0.2) is 12.1 Å². The maximum atomic E-state index is 12.4. The van der Waals surface area contributed by atoms with Crippen molar-refractivity contribution >= 4 is 29.3 Å². The van der Waals surface area contributed by atoms with Crippen LogP contribution < -0.4 is 15.8 Å². The van der Waals surface area contributed by atoms with E-state index < -0.39 is 6.09 Å². The molecule has 0 aliphatic rings. The van der Waals surface area contributed by atoms with Crippen LogP contribution >= 0.6 is 11.6 Å². The summed E-state index contributed by atoms with van der Waals surface area (Å²) in [4.78, 5) is 25.9. The molecule has 0 heterocycles. The smallest absolute Gasteiger partial charge is 0.409 e. The standard InChI is InChI=1S/C18H28ClN3O6/c1-4-22(18(24)28-10-9-27-8-7-25-2)6-5-21-17(23)13-11-14(19)15(20)12-16(13)26-3/h11-12H,4-10,20H2,1-3H3,(H,21,23). The molecule has 0 aromatic heterocycles. The van der Waals surface area contributed by atoms with Crippen molar-refractivity contribution in [3.8, 4) is 5.75 Å². The Morgan fingerprint density at radius 2 is 1.89 bits per heavy atom. The van der Waals surface area contributed by atoms with Crippen LogP contribution in [-0.2, 0) is 14.2 Å². The molecule has 9 nitrogen and oxygen atoms in total. The number of carbonyl (C=O) groups is 2. The van der Waals surface area contributed by atoms with Crippen molar-refractivity contribution in [2.45, 2.75) is 6.92 Å². The molecule has 0 fully saturated rings. The van der Waals surface area contributed by atoms with Crippen LogP contribution in [0.3, 0.4) is 0 Å². The maximum absolute atomic E-state index is 12.4. The minimum Gasteiger partial charge on any atom is -0.496 e. The third-order valence-corrected chi connectivity index (χ3v) is 4.08. The van der Waals surface area contributed by atoms with Crippen molar-refractivity contribution in [2.24, 2.45) is 0 Å². The SMILES string of the molecule is CCN(CCNC(=O)c1cc(Cl)c(N)cc1OC)C(=O)OCCOCCOC. The first-order chi connectivity index (χ1) is 13.4. The molecule has 0 unspecified atom stereocenters. The summed E-state index contributed by atoms with van der Waals surface area (Å²) in [5.41, 5.74) is 6.30. The second kappa shape index (κ2) is 13.0. The number of anilines is 1. The van der Waals surface area contributed by atoms with Crippen molar-refractivity contribution in [3.63, 3.8) is 0 Å². The Kier molecular flexibility index (Phi) is 11.1. The highest BCUT2D eigenvalue weighted by Crippen LogP contribution is 2.28. The van der Waals surface area contributed by atoms with Gasteiger partial charge in [0.15, 0.2) is 0 Å². The third kappa shape index (κ3) is 7.79. The Balaban J connectivity index is 2.44. The van der Waals surface area contributed by atoms with Crippen LogP contribution in [0.4, 0.5) is 10.5 Å². The highest BCUT2D eigenvalue weighted by molar-refractivity contribution is 6.33. The van der Waals surface area contributed by atoms with Gasteiger partial charge in [-0.3, -0.25) is 4.79 Å². The number of nitrogen functional groups attached to an aromatic ring is 1. The van der Waals surface area contributed by atoms with Gasteiger partial charge in [0.2, 0.25) is 0 Å². The fraction of sp³-hybridized carbons (Fsp3) is 0.556. The molecule has 0 aliphatic heterocycles. The number of benzene rings is 1. The first kappa shape index (κ1) is 23.8. The van der Waals surface area contributed by atoms with Crippen LogP contribution in [0.2, 0.25) is 5.02 Å². The Bertz CT molecular complexity index is 644. The number of hydrogen-bond donors (Lipinski definition) is 2. The van der Waals surface area contributed by atoms with Gasteiger partial charge in [-0.25, -0.2) is 4.79 Å². The van der Waals surface area contributed by atoms with Crippen LogP contribution in [0.25, 0.3) is 0 Å². The number of nitrogens with two attached hydrogens (primary N) is 1. The second-order valence-electron chi connectivity index (χ2n) is 5.63. The van der Waals surface area contributed by atoms with E-state index >= 15 is 0 Å². The second-order valence-corrected chi connectivity index (χ2v) is 6.04. The van der Waals surface area contributed by atoms with Crippen molar-refractivity contribution in [2.75, 3.05) is 66.0 Å². The van der Waals surface area contributed by atoms with Gasteiger partial charge in [0, 0.05) is 32.8 Å². The lowest BCUT2D eigenvalue weighted by molar-refractivity contribution is 0.0335. The Labute approximate surface area is 170 Å². The van der Waals surface area contributed by atoms with Gasteiger partial charge in [-0.15, -0.1) is 0 Å². The molecule has 0 spiro atoms. The predicted octanol–water partition coefficient (Wildman–Crippen LogP) is 1.78. The number of halogens is 1. The zero-order chi connectivity index (χ0) is 20.9. The molecule has 0 radical (unpaired) electrons. The molecule has 0 saturated carbocycles. The first-order valence-corrected chi connectivity index (χ1v) is 9.21. The summed E-state index contributed by atoms with van der Waals surface area (Å²) in [7, 11) is 3.02. The highest BCUT2D eigenvalue weighted by Gasteiger charge is 2.17. The van der Waals surface area contributed by atoms with Gasteiger partial charge in [-0.2, -0.15) is 0 Å². The van der Waals surface area contributed by atoms with E-state index in [1.165, 1.54) is 24.1 Å². The van der Waals surface area contributed by atoms with Gasteiger partial charge in [0.1, 0.15) is 12.4 Å². The Hall–Kier alpha value is -2.23. The minimum absolute atomic E-state index is 0.145. The van der Waals surface area contributed by atoms with E-state index in [-0.39, 0.29) is 36.2 Å². The molecular weight excluding hydrogens is 390 g/mol. The number of nitrogens with one attached hydrogen (secondary N) is 1. The molecule has 1 rings (SSSR count). The predicted molar refractivity (Wildman–Crippen MR) is 106 cm³/mol. The lowest BCUT2D eigenvalue weighted by Gasteiger charge is -2.20. The lowest BCUT2D eigenvalue weighted by atomic mass is 10.1. The van der Waals surface area contributed by atoms with E-state index in [1.807, 2.05) is 6.92 Å². The molecular formula is C18H28ClN3O6. The van der Waals surface area contributed by atoms with E-state index in [1.54, 1.807) is 7.11 Å². The van der Waals surface area contributed by atoms with Crippen LogP contribution in [0.5, 0.6) is 5.75 Å². The number of nitrogens with zero attached hydrogens (tertiary/aromatic N) is 1. The van der Waals surface area contributed by atoms with Crippen LogP contribution in [0.1, 0.15) is 17.3 Å². The Morgan fingerprint density at radius 1 is 1.18 bits per heavy atom. The molecule has 0 atom stereocenters. The van der Waals surface area contributed by atoms with Gasteiger partial charge >= 0.3 is 6.09 Å². The van der Waals surface area contributed by atoms with Crippen molar-refractivity contribution < 1.29 is 28.5 Å². The molecule has 28 heavy (non-hydrogen) atoms. The molecule has 0 aliphatic carbocycles. The summed E-state index contributed by atoms with van der Waals surface area (Å²) >= 11 is 5.98. The summed E-state index contributed by atoms with van der Waals surface area (Å²) in [6.07, 6.45) is -0.472. The number of ether oxygens (including phenoxy) is 4. The molecule has 2 amide bonds.